The molecule has 0 aromatic heterocycles. The van der Waals surface area contributed by atoms with Crippen LogP contribution < -0.4 is 5.32 Å². The lowest BCUT2D eigenvalue weighted by molar-refractivity contribution is 0.0698. The summed E-state index contributed by atoms with van der Waals surface area (Å²) in [5.41, 5.74) is 0.254. The molecule has 6 heteroatoms. The van der Waals surface area contributed by atoms with Crippen LogP contribution in [0.4, 0.5) is 10.5 Å². The summed E-state index contributed by atoms with van der Waals surface area (Å²) >= 11 is 5.78. The number of nitrogens with zero attached hydrogens (tertiary/aromatic N) is 1. The first-order valence-electron chi connectivity index (χ1n) is 6.49. The minimum atomic E-state index is -1.12. The highest BCUT2D eigenvalue weighted by Crippen LogP contribution is 2.25. The van der Waals surface area contributed by atoms with Gasteiger partial charge in [-0.3, -0.25) is 0 Å². The van der Waals surface area contributed by atoms with E-state index in [0.29, 0.717) is 17.5 Å². The summed E-state index contributed by atoms with van der Waals surface area (Å²) in [5, 5.41) is 12.1. The number of amides is 2. The number of carbonyl (C=O) groups excluding carboxylic acids is 1. The molecule has 2 rings (SSSR count). The fourth-order valence-electron chi connectivity index (χ4n) is 2.57. The van der Waals surface area contributed by atoms with Crippen LogP contribution >= 0.6 is 11.6 Å². The molecule has 0 saturated carbocycles. The predicted molar refractivity (Wildman–Crippen MR) is 77.4 cm³/mol. The van der Waals surface area contributed by atoms with Gasteiger partial charge in [-0.2, -0.15) is 0 Å². The number of hydrogen-bond donors (Lipinski definition) is 2. The molecule has 2 amide bonds. The third kappa shape index (κ3) is 3.04. The average molecular weight is 297 g/mol. The lowest BCUT2D eigenvalue weighted by atomic mass is 10.1. The smallest absolute Gasteiger partial charge is 0.337 e. The van der Waals surface area contributed by atoms with Gasteiger partial charge in [0.05, 0.1) is 11.3 Å². The first-order chi connectivity index (χ1) is 9.38. The molecule has 2 unspecified atom stereocenters. The number of carboxylic acid groups (broad SMARTS) is 1. The highest BCUT2D eigenvalue weighted by molar-refractivity contribution is 6.31. The van der Waals surface area contributed by atoms with Crippen LogP contribution in [-0.4, -0.2) is 34.6 Å². The number of benzene rings is 1. The van der Waals surface area contributed by atoms with Gasteiger partial charge in [0.25, 0.3) is 0 Å². The summed E-state index contributed by atoms with van der Waals surface area (Å²) in [6, 6.07) is 4.28. The maximum absolute atomic E-state index is 12.2. The van der Waals surface area contributed by atoms with E-state index in [0.717, 1.165) is 6.42 Å². The molecule has 1 aromatic carbocycles. The number of urea groups is 1. The van der Waals surface area contributed by atoms with Crippen LogP contribution in [0.5, 0.6) is 0 Å². The van der Waals surface area contributed by atoms with Crippen molar-refractivity contribution in [1.29, 1.82) is 0 Å². The summed E-state index contributed by atoms with van der Waals surface area (Å²) in [6.45, 7) is 4.76. The van der Waals surface area contributed by atoms with E-state index in [4.69, 9.17) is 16.7 Å². The van der Waals surface area contributed by atoms with Gasteiger partial charge in [0.2, 0.25) is 0 Å². The molecule has 1 fully saturated rings. The van der Waals surface area contributed by atoms with Crippen LogP contribution in [0, 0.1) is 5.92 Å². The zero-order valence-electron chi connectivity index (χ0n) is 11.4. The van der Waals surface area contributed by atoms with E-state index >= 15 is 0 Å². The van der Waals surface area contributed by atoms with Crippen LogP contribution in [0.2, 0.25) is 5.02 Å². The van der Waals surface area contributed by atoms with Crippen molar-refractivity contribution >= 4 is 29.3 Å². The molecule has 2 N–H and O–H groups in total. The number of aromatic carboxylic acids is 1. The average Bonchev–Trinajstić information content (AvgIpc) is 2.70. The van der Waals surface area contributed by atoms with Crippen molar-refractivity contribution < 1.29 is 14.7 Å². The molecule has 5 nitrogen and oxygen atoms in total. The molecule has 0 bridgehead atoms. The number of likely N-dealkylation sites (tertiary alicyclic amines) is 1. The van der Waals surface area contributed by atoms with E-state index in [9.17, 15) is 9.59 Å². The molecular weight excluding hydrogens is 280 g/mol. The van der Waals surface area contributed by atoms with Gasteiger partial charge < -0.3 is 15.3 Å². The van der Waals surface area contributed by atoms with Crippen molar-refractivity contribution in [1.82, 2.24) is 4.90 Å². The van der Waals surface area contributed by atoms with Crippen molar-refractivity contribution in [3.63, 3.8) is 0 Å². The summed E-state index contributed by atoms with van der Waals surface area (Å²) in [5.74, 6) is -0.662. The van der Waals surface area contributed by atoms with Crippen LogP contribution in [-0.2, 0) is 0 Å². The van der Waals surface area contributed by atoms with Crippen LogP contribution in [0.1, 0.15) is 30.6 Å². The van der Waals surface area contributed by atoms with Crippen molar-refractivity contribution in [3.8, 4) is 0 Å². The Morgan fingerprint density at radius 1 is 1.40 bits per heavy atom. The van der Waals surface area contributed by atoms with Crippen LogP contribution in [0.15, 0.2) is 18.2 Å². The largest absolute Gasteiger partial charge is 0.478 e. The van der Waals surface area contributed by atoms with Gasteiger partial charge in [0.1, 0.15) is 0 Å². The molecule has 0 aliphatic carbocycles. The van der Waals surface area contributed by atoms with Gasteiger partial charge >= 0.3 is 12.0 Å². The van der Waals surface area contributed by atoms with Gasteiger partial charge in [0, 0.05) is 17.6 Å². The van der Waals surface area contributed by atoms with E-state index in [1.807, 2.05) is 6.92 Å². The van der Waals surface area contributed by atoms with E-state index in [2.05, 4.69) is 12.2 Å². The molecule has 1 saturated heterocycles. The van der Waals surface area contributed by atoms with Gasteiger partial charge in [0.15, 0.2) is 0 Å². The van der Waals surface area contributed by atoms with Crippen LogP contribution in [0.25, 0.3) is 0 Å². The summed E-state index contributed by atoms with van der Waals surface area (Å²) in [7, 11) is 0. The molecular formula is C14H17ClN2O3. The quantitative estimate of drug-likeness (QED) is 0.879. The Labute approximate surface area is 122 Å². The Balaban J connectivity index is 2.18. The maximum Gasteiger partial charge on any atom is 0.337 e. The van der Waals surface area contributed by atoms with E-state index in [1.54, 1.807) is 11.0 Å². The zero-order chi connectivity index (χ0) is 14.9. The zero-order valence-corrected chi connectivity index (χ0v) is 12.1. The minimum absolute atomic E-state index is 0.00857. The normalized spacial score (nSPS) is 21.9. The number of anilines is 1. The van der Waals surface area contributed by atoms with Gasteiger partial charge in [-0.15, -0.1) is 0 Å². The van der Waals surface area contributed by atoms with Crippen molar-refractivity contribution in [2.24, 2.45) is 5.92 Å². The monoisotopic (exact) mass is 296 g/mol. The highest BCUT2D eigenvalue weighted by atomic mass is 35.5. The molecule has 0 radical (unpaired) electrons. The second-order valence-corrected chi connectivity index (χ2v) is 5.70. The second kappa shape index (κ2) is 5.71. The molecule has 1 aliphatic heterocycles. The van der Waals surface area contributed by atoms with Crippen molar-refractivity contribution in [2.45, 2.75) is 26.3 Å². The standard InChI is InChI=1S/C14H17ClN2O3/c1-8-5-9(2)17(7-8)14(20)16-12-4-3-10(15)6-11(12)13(18)19/h3-4,6,8-9H,5,7H2,1-2H3,(H,16,20)(H,18,19). The molecule has 20 heavy (non-hydrogen) atoms. The highest BCUT2D eigenvalue weighted by Gasteiger charge is 2.30. The number of hydrogen-bond acceptors (Lipinski definition) is 2. The lowest BCUT2D eigenvalue weighted by Gasteiger charge is -2.22. The fraction of sp³-hybridized carbons (Fsp3) is 0.429. The van der Waals surface area contributed by atoms with E-state index in [1.165, 1.54) is 12.1 Å². The summed E-state index contributed by atoms with van der Waals surface area (Å²) in [6.07, 6.45) is 0.958. The Morgan fingerprint density at radius 2 is 2.10 bits per heavy atom. The first-order valence-corrected chi connectivity index (χ1v) is 6.86. The predicted octanol–water partition coefficient (Wildman–Crippen LogP) is 3.30. The topological polar surface area (TPSA) is 69.6 Å². The number of rotatable bonds is 2. The molecule has 2 atom stereocenters. The summed E-state index contributed by atoms with van der Waals surface area (Å²) < 4.78 is 0. The van der Waals surface area contributed by atoms with E-state index < -0.39 is 5.97 Å². The molecule has 1 aromatic rings. The van der Waals surface area contributed by atoms with Crippen molar-refractivity contribution in [2.75, 3.05) is 11.9 Å². The second-order valence-electron chi connectivity index (χ2n) is 5.27. The van der Waals surface area contributed by atoms with Gasteiger partial charge in [-0.1, -0.05) is 18.5 Å². The molecule has 0 spiro atoms. The SMILES string of the molecule is CC1CC(C)N(C(=O)Nc2ccc(Cl)cc2C(=O)O)C1. The minimum Gasteiger partial charge on any atom is -0.478 e. The van der Waals surface area contributed by atoms with Crippen molar-refractivity contribution in [3.05, 3.63) is 28.8 Å². The number of halogens is 1. The Morgan fingerprint density at radius 3 is 2.65 bits per heavy atom. The van der Waals surface area contributed by atoms with Gasteiger partial charge in [-0.25, -0.2) is 9.59 Å². The molecule has 108 valence electrons. The number of nitrogens with one attached hydrogen (secondary N) is 1. The van der Waals surface area contributed by atoms with E-state index in [-0.39, 0.29) is 23.3 Å². The Bertz CT molecular complexity index is 547. The third-order valence-corrected chi connectivity index (χ3v) is 3.73. The third-order valence-electron chi connectivity index (χ3n) is 3.50. The first kappa shape index (κ1) is 14.7. The number of carbonyl (C=O) groups is 2. The Kier molecular flexibility index (Phi) is 4.18. The fourth-order valence-corrected chi connectivity index (χ4v) is 2.74. The Hall–Kier alpha value is -1.75. The maximum atomic E-state index is 12.2. The lowest BCUT2D eigenvalue weighted by Crippen LogP contribution is -2.37. The van der Waals surface area contributed by atoms with Crippen LogP contribution in [0.3, 0.4) is 0 Å². The molecule has 1 heterocycles. The number of carboxylic acids is 1. The summed E-state index contributed by atoms with van der Waals surface area (Å²) in [4.78, 5) is 25.1. The molecule has 1 aliphatic rings. The van der Waals surface area contributed by atoms with Gasteiger partial charge in [-0.05, 0) is 37.5 Å².